The van der Waals surface area contributed by atoms with Crippen LogP contribution in [-0.2, 0) is 6.42 Å². The third-order valence-electron chi connectivity index (χ3n) is 4.05. The molecule has 19 heavy (non-hydrogen) atoms. The Morgan fingerprint density at radius 1 is 0.947 bits per heavy atom. The van der Waals surface area contributed by atoms with E-state index in [1.54, 1.807) is 0 Å². The Kier molecular flexibility index (Phi) is 2.34. The lowest BCUT2D eigenvalue weighted by atomic mass is 9.93. The number of nitrogens with one attached hydrogen (secondary N) is 2. The molecule has 0 saturated heterocycles. The van der Waals surface area contributed by atoms with Crippen molar-refractivity contribution in [2.45, 2.75) is 18.9 Å². The molecular weight excluding hydrogens is 232 g/mol. The van der Waals surface area contributed by atoms with Crippen LogP contribution in [0, 0.1) is 0 Å². The maximum absolute atomic E-state index is 3.67. The average molecular weight is 248 g/mol. The Labute approximate surface area is 112 Å². The van der Waals surface area contributed by atoms with Gasteiger partial charge in [-0.1, -0.05) is 36.4 Å². The largest absolute Gasteiger partial charge is 0.378 e. The van der Waals surface area contributed by atoms with Crippen molar-refractivity contribution in [3.05, 3.63) is 65.9 Å². The van der Waals surface area contributed by atoms with Crippen LogP contribution < -0.4 is 5.32 Å². The van der Waals surface area contributed by atoms with Gasteiger partial charge in [-0.05, 0) is 36.1 Å². The highest BCUT2D eigenvalue weighted by molar-refractivity contribution is 5.84. The number of para-hydroxylation sites is 2. The van der Waals surface area contributed by atoms with Crippen molar-refractivity contribution in [3.63, 3.8) is 0 Å². The predicted octanol–water partition coefficient (Wildman–Crippen LogP) is 4.27. The van der Waals surface area contributed by atoms with Crippen molar-refractivity contribution in [2.24, 2.45) is 0 Å². The summed E-state index contributed by atoms with van der Waals surface area (Å²) in [6.45, 7) is 0. The van der Waals surface area contributed by atoms with E-state index in [-0.39, 0.29) is 0 Å². The fourth-order valence-electron chi connectivity index (χ4n) is 3.05. The zero-order chi connectivity index (χ0) is 12.7. The number of aryl methyl sites for hydroxylation is 1. The molecule has 0 saturated carbocycles. The lowest BCUT2D eigenvalue weighted by Crippen LogP contribution is -2.17. The average Bonchev–Trinajstić information content (AvgIpc) is 2.91. The highest BCUT2D eigenvalue weighted by Crippen LogP contribution is 2.35. The van der Waals surface area contributed by atoms with Crippen molar-refractivity contribution in [1.82, 2.24) is 4.98 Å². The van der Waals surface area contributed by atoms with E-state index in [9.17, 15) is 0 Å². The summed E-state index contributed by atoms with van der Waals surface area (Å²) in [6.07, 6.45) is 4.45. The maximum Gasteiger partial charge on any atom is 0.0538 e. The van der Waals surface area contributed by atoms with Gasteiger partial charge in [-0.15, -0.1) is 0 Å². The van der Waals surface area contributed by atoms with Gasteiger partial charge in [-0.3, -0.25) is 0 Å². The molecule has 0 aliphatic carbocycles. The van der Waals surface area contributed by atoms with E-state index < -0.39 is 0 Å². The van der Waals surface area contributed by atoms with Gasteiger partial charge in [0.2, 0.25) is 0 Å². The van der Waals surface area contributed by atoms with Crippen LogP contribution in [0.3, 0.4) is 0 Å². The molecular formula is C17H16N2. The van der Waals surface area contributed by atoms with E-state index >= 15 is 0 Å². The van der Waals surface area contributed by atoms with E-state index in [0.29, 0.717) is 6.04 Å². The zero-order valence-corrected chi connectivity index (χ0v) is 10.7. The molecule has 0 amide bonds. The summed E-state index contributed by atoms with van der Waals surface area (Å²) in [6, 6.07) is 17.5. The summed E-state index contributed by atoms with van der Waals surface area (Å²) in [5.74, 6) is 0. The van der Waals surface area contributed by atoms with Crippen molar-refractivity contribution in [3.8, 4) is 0 Å². The first kappa shape index (κ1) is 10.7. The molecule has 2 heteroatoms. The Balaban J connectivity index is 1.75. The first-order valence-corrected chi connectivity index (χ1v) is 6.82. The second-order valence-corrected chi connectivity index (χ2v) is 5.18. The molecule has 1 atom stereocenters. The molecule has 2 aromatic carbocycles. The minimum absolute atomic E-state index is 0.408. The van der Waals surface area contributed by atoms with E-state index in [1.807, 2.05) is 0 Å². The minimum atomic E-state index is 0.408. The normalized spacial score (nSPS) is 18.0. The molecule has 0 fully saturated rings. The molecule has 1 unspecified atom stereocenters. The minimum Gasteiger partial charge on any atom is -0.378 e. The maximum atomic E-state index is 3.67. The second-order valence-electron chi connectivity index (χ2n) is 5.18. The molecule has 1 aromatic heterocycles. The van der Waals surface area contributed by atoms with Crippen LogP contribution in [0.1, 0.15) is 23.6 Å². The van der Waals surface area contributed by atoms with E-state index in [0.717, 1.165) is 12.8 Å². The lowest BCUT2D eigenvalue weighted by molar-refractivity contribution is 0.672. The number of benzene rings is 2. The van der Waals surface area contributed by atoms with E-state index in [4.69, 9.17) is 0 Å². The molecule has 0 bridgehead atoms. The van der Waals surface area contributed by atoms with Gasteiger partial charge in [0.25, 0.3) is 0 Å². The Morgan fingerprint density at radius 3 is 2.79 bits per heavy atom. The summed E-state index contributed by atoms with van der Waals surface area (Å²) in [5.41, 5.74) is 5.31. The van der Waals surface area contributed by atoms with E-state index in [1.165, 1.54) is 27.7 Å². The number of hydrogen-bond donors (Lipinski definition) is 2. The Bertz CT molecular complexity index is 727. The molecule has 0 spiro atoms. The zero-order valence-electron chi connectivity index (χ0n) is 10.7. The predicted molar refractivity (Wildman–Crippen MR) is 79.4 cm³/mol. The van der Waals surface area contributed by atoms with Gasteiger partial charge in [-0.2, -0.15) is 0 Å². The first-order chi connectivity index (χ1) is 9.42. The Hall–Kier alpha value is -2.22. The molecule has 2 nitrogen and oxygen atoms in total. The number of aromatic amines is 1. The summed E-state index contributed by atoms with van der Waals surface area (Å²) < 4.78 is 0. The number of H-pyrrole nitrogens is 1. The van der Waals surface area contributed by atoms with Crippen LogP contribution in [0.25, 0.3) is 10.9 Å². The Morgan fingerprint density at radius 2 is 1.79 bits per heavy atom. The van der Waals surface area contributed by atoms with Crippen LogP contribution in [0.2, 0.25) is 0 Å². The van der Waals surface area contributed by atoms with Gasteiger partial charge in [-0.25, -0.2) is 0 Å². The van der Waals surface area contributed by atoms with Crippen molar-refractivity contribution >= 4 is 16.6 Å². The van der Waals surface area contributed by atoms with Crippen LogP contribution >= 0.6 is 0 Å². The molecule has 1 aliphatic rings. The van der Waals surface area contributed by atoms with Gasteiger partial charge in [0.05, 0.1) is 6.04 Å². The van der Waals surface area contributed by atoms with Crippen molar-refractivity contribution in [2.75, 3.05) is 5.32 Å². The summed E-state index contributed by atoms with van der Waals surface area (Å²) in [5, 5.41) is 5.00. The first-order valence-electron chi connectivity index (χ1n) is 6.82. The number of hydrogen-bond acceptors (Lipinski definition) is 1. The summed E-state index contributed by atoms with van der Waals surface area (Å²) >= 11 is 0. The summed E-state index contributed by atoms with van der Waals surface area (Å²) in [4.78, 5) is 3.37. The second kappa shape index (κ2) is 4.16. The summed E-state index contributed by atoms with van der Waals surface area (Å²) in [7, 11) is 0. The molecule has 0 radical (unpaired) electrons. The SMILES string of the molecule is c1ccc2c(c1)CCC(c1c[nH]c3ccccc13)N2. The number of rotatable bonds is 1. The molecule has 2 N–H and O–H groups in total. The van der Waals surface area contributed by atoms with Gasteiger partial charge in [0.1, 0.15) is 0 Å². The van der Waals surface area contributed by atoms with Gasteiger partial charge in [0, 0.05) is 22.8 Å². The monoisotopic (exact) mass is 248 g/mol. The highest BCUT2D eigenvalue weighted by atomic mass is 14.9. The standard InChI is InChI=1S/C17H16N2/c1-3-7-15-12(5-1)9-10-17(19-15)14-11-18-16-8-4-2-6-13(14)16/h1-8,11,17-19H,9-10H2. The highest BCUT2D eigenvalue weighted by Gasteiger charge is 2.20. The van der Waals surface area contributed by atoms with E-state index in [2.05, 4.69) is 65.0 Å². The van der Waals surface area contributed by atoms with Gasteiger partial charge in [0.15, 0.2) is 0 Å². The van der Waals surface area contributed by atoms with Crippen LogP contribution in [0.4, 0.5) is 5.69 Å². The number of aromatic nitrogens is 1. The molecule has 2 heterocycles. The van der Waals surface area contributed by atoms with Crippen LogP contribution in [0.15, 0.2) is 54.7 Å². The molecule has 3 aromatic rings. The fraction of sp³-hybridized carbons (Fsp3) is 0.176. The van der Waals surface area contributed by atoms with Gasteiger partial charge >= 0.3 is 0 Å². The lowest BCUT2D eigenvalue weighted by Gasteiger charge is -2.26. The number of fused-ring (bicyclic) bond motifs is 2. The van der Waals surface area contributed by atoms with Crippen LogP contribution in [0.5, 0.6) is 0 Å². The number of anilines is 1. The fourth-order valence-corrected chi connectivity index (χ4v) is 3.05. The topological polar surface area (TPSA) is 27.8 Å². The molecule has 94 valence electrons. The third-order valence-corrected chi connectivity index (χ3v) is 4.05. The smallest absolute Gasteiger partial charge is 0.0538 e. The quantitative estimate of drug-likeness (QED) is 0.661. The van der Waals surface area contributed by atoms with Crippen molar-refractivity contribution < 1.29 is 0 Å². The molecule has 4 rings (SSSR count). The van der Waals surface area contributed by atoms with Crippen molar-refractivity contribution in [1.29, 1.82) is 0 Å². The molecule has 1 aliphatic heterocycles. The van der Waals surface area contributed by atoms with Gasteiger partial charge < -0.3 is 10.3 Å². The van der Waals surface area contributed by atoms with Crippen LogP contribution in [-0.4, -0.2) is 4.98 Å². The third kappa shape index (κ3) is 1.72.